The summed E-state index contributed by atoms with van der Waals surface area (Å²) in [6, 6.07) is 47.2. The molecule has 1 aliphatic carbocycles. The molecule has 0 heteroatoms. The lowest BCUT2D eigenvalue weighted by Crippen LogP contribution is -2.25. The fraction of sp³-hybridized carbons (Fsp3) is 0.333. The Bertz CT molecular complexity index is 2180. The summed E-state index contributed by atoms with van der Waals surface area (Å²) in [5, 5.41) is 0. The van der Waals surface area contributed by atoms with Gasteiger partial charge in [0.15, 0.2) is 0 Å². The van der Waals surface area contributed by atoms with Gasteiger partial charge < -0.3 is 0 Å². The van der Waals surface area contributed by atoms with Crippen molar-refractivity contribution in [3.8, 4) is 55.6 Å². The fourth-order valence-corrected chi connectivity index (χ4v) is 9.34. The van der Waals surface area contributed by atoms with Gasteiger partial charge in [-0.2, -0.15) is 0 Å². The molecule has 0 saturated carbocycles. The van der Waals surface area contributed by atoms with E-state index in [0.717, 1.165) is 6.42 Å². The molecule has 0 spiro atoms. The minimum Gasteiger partial charge on any atom is -0.0654 e. The van der Waals surface area contributed by atoms with E-state index in [-0.39, 0.29) is 5.41 Å². The monoisotopic (exact) mass is 708 g/mol. The molecule has 0 saturated heterocycles. The molecular weight excluding hydrogens is 649 g/mol. The Hall–Kier alpha value is -4.68. The van der Waals surface area contributed by atoms with Crippen LogP contribution in [0.3, 0.4) is 0 Å². The number of hydrogen-bond donors (Lipinski definition) is 0. The molecule has 0 bridgehead atoms. The van der Waals surface area contributed by atoms with Crippen molar-refractivity contribution >= 4 is 0 Å². The minimum absolute atomic E-state index is 0.0228. The molecule has 54 heavy (non-hydrogen) atoms. The maximum Gasteiger partial charge on any atom is 0.0215 e. The minimum atomic E-state index is 0.0228. The van der Waals surface area contributed by atoms with E-state index in [4.69, 9.17) is 0 Å². The number of rotatable bonds is 15. The Labute approximate surface area is 326 Å². The van der Waals surface area contributed by atoms with Gasteiger partial charge in [0.1, 0.15) is 0 Å². The lowest BCUT2D eigenvalue weighted by atomic mass is 9.70. The van der Waals surface area contributed by atoms with Crippen LogP contribution in [0, 0.1) is 20.8 Å². The van der Waals surface area contributed by atoms with Crippen molar-refractivity contribution in [2.75, 3.05) is 0 Å². The van der Waals surface area contributed by atoms with Crippen LogP contribution in [0.5, 0.6) is 0 Å². The predicted molar refractivity (Wildman–Crippen MR) is 236 cm³/mol. The maximum absolute atomic E-state index is 2.59. The second kappa shape index (κ2) is 16.8. The Kier molecular flexibility index (Phi) is 11.7. The molecule has 0 fully saturated rings. The number of unbranched alkanes of at least 4 members (excludes halogenated alkanes) is 6. The van der Waals surface area contributed by atoms with E-state index in [1.165, 1.54) is 142 Å². The van der Waals surface area contributed by atoms with Crippen LogP contribution in [-0.2, 0) is 11.8 Å². The highest BCUT2D eigenvalue weighted by Crippen LogP contribution is 2.56. The number of aryl methyl sites for hydroxylation is 4. The van der Waals surface area contributed by atoms with Crippen molar-refractivity contribution in [3.05, 3.63) is 155 Å². The zero-order valence-corrected chi connectivity index (χ0v) is 33.8. The molecule has 0 heterocycles. The van der Waals surface area contributed by atoms with E-state index < -0.39 is 0 Å². The van der Waals surface area contributed by atoms with Gasteiger partial charge in [0.2, 0.25) is 0 Å². The van der Waals surface area contributed by atoms with Crippen molar-refractivity contribution in [1.29, 1.82) is 0 Å². The molecule has 0 atom stereocenters. The van der Waals surface area contributed by atoms with Crippen LogP contribution >= 0.6 is 0 Å². The average molecular weight is 709 g/mol. The third-order valence-corrected chi connectivity index (χ3v) is 12.4. The third-order valence-electron chi connectivity index (χ3n) is 12.4. The molecule has 0 aliphatic heterocycles. The summed E-state index contributed by atoms with van der Waals surface area (Å²) in [6.45, 7) is 13.5. The van der Waals surface area contributed by atoms with Crippen LogP contribution in [0.25, 0.3) is 55.6 Å². The molecule has 1 aliphatic rings. The number of hydrogen-bond acceptors (Lipinski definition) is 0. The van der Waals surface area contributed by atoms with Gasteiger partial charge in [-0.05, 0) is 130 Å². The maximum atomic E-state index is 2.59. The molecule has 276 valence electrons. The first-order valence-corrected chi connectivity index (χ1v) is 21.0. The Balaban J connectivity index is 1.29. The van der Waals surface area contributed by atoms with Crippen molar-refractivity contribution in [2.24, 2.45) is 0 Å². The lowest BCUT2D eigenvalue weighted by Gasteiger charge is -2.33. The second-order valence-electron chi connectivity index (χ2n) is 16.2. The van der Waals surface area contributed by atoms with Crippen LogP contribution in [-0.4, -0.2) is 0 Å². The first-order valence-electron chi connectivity index (χ1n) is 21.0. The van der Waals surface area contributed by atoms with E-state index in [0.29, 0.717) is 0 Å². The molecule has 6 aromatic rings. The zero-order chi connectivity index (χ0) is 37.7. The highest BCUT2D eigenvalue weighted by molar-refractivity contribution is 5.87. The van der Waals surface area contributed by atoms with Gasteiger partial charge in [-0.15, -0.1) is 0 Å². The van der Waals surface area contributed by atoms with Gasteiger partial charge >= 0.3 is 0 Å². The topological polar surface area (TPSA) is 0 Å². The highest BCUT2D eigenvalue weighted by atomic mass is 14.5. The van der Waals surface area contributed by atoms with E-state index >= 15 is 0 Å². The number of fused-ring (bicyclic) bond motifs is 3. The van der Waals surface area contributed by atoms with Gasteiger partial charge in [-0.1, -0.05) is 192 Å². The highest BCUT2D eigenvalue weighted by Gasteiger charge is 2.42. The van der Waals surface area contributed by atoms with Gasteiger partial charge in [-0.25, -0.2) is 0 Å². The molecule has 0 N–H and O–H groups in total. The smallest absolute Gasteiger partial charge is 0.0215 e. The predicted octanol–water partition coefficient (Wildman–Crippen LogP) is 16.0. The van der Waals surface area contributed by atoms with Gasteiger partial charge in [0.05, 0.1) is 0 Å². The Morgan fingerprint density at radius 3 is 1.28 bits per heavy atom. The Morgan fingerprint density at radius 1 is 0.370 bits per heavy atom. The SMILES string of the molecule is CCCCCCC1(CCCCCC)c2cc(-c3ccc(-c4ccc(C)cc4C)cc3)ccc2-c2ccc(-c3ccc(-c4ccc(C)cc4CC)cc3)cc21. The quantitative estimate of drug-likeness (QED) is 0.0932. The first kappa shape index (κ1) is 37.6. The van der Waals surface area contributed by atoms with Crippen molar-refractivity contribution in [1.82, 2.24) is 0 Å². The van der Waals surface area contributed by atoms with Crippen LogP contribution in [0.15, 0.2) is 121 Å². The van der Waals surface area contributed by atoms with Gasteiger partial charge in [0, 0.05) is 5.41 Å². The molecule has 7 rings (SSSR count). The summed E-state index contributed by atoms with van der Waals surface area (Å²) < 4.78 is 0. The zero-order valence-electron chi connectivity index (χ0n) is 33.8. The second-order valence-corrected chi connectivity index (χ2v) is 16.2. The van der Waals surface area contributed by atoms with Crippen LogP contribution in [0.4, 0.5) is 0 Å². The summed E-state index contributed by atoms with van der Waals surface area (Å²) in [5.74, 6) is 0. The molecule has 0 amide bonds. The molecule has 0 aromatic heterocycles. The van der Waals surface area contributed by atoms with Crippen molar-refractivity contribution in [2.45, 2.75) is 118 Å². The van der Waals surface area contributed by atoms with Gasteiger partial charge in [-0.3, -0.25) is 0 Å². The molecule has 0 nitrogen and oxygen atoms in total. The largest absolute Gasteiger partial charge is 0.0654 e. The van der Waals surface area contributed by atoms with Crippen LogP contribution in [0.1, 0.15) is 118 Å². The summed E-state index contributed by atoms with van der Waals surface area (Å²) in [6.07, 6.45) is 13.8. The van der Waals surface area contributed by atoms with E-state index in [9.17, 15) is 0 Å². The van der Waals surface area contributed by atoms with Crippen LogP contribution in [0.2, 0.25) is 0 Å². The van der Waals surface area contributed by atoms with Crippen molar-refractivity contribution in [3.63, 3.8) is 0 Å². The molecule has 6 aromatic carbocycles. The van der Waals surface area contributed by atoms with Gasteiger partial charge in [0.25, 0.3) is 0 Å². The summed E-state index contributed by atoms with van der Waals surface area (Å²) in [4.78, 5) is 0. The summed E-state index contributed by atoms with van der Waals surface area (Å²) >= 11 is 0. The first-order chi connectivity index (χ1) is 26.3. The van der Waals surface area contributed by atoms with E-state index in [1.807, 2.05) is 0 Å². The molecular formula is C54H60. The molecule has 0 radical (unpaired) electrons. The third kappa shape index (κ3) is 7.63. The standard InChI is InChI=1S/C54H60/c1-7-10-12-14-32-54(33-15-13-11-8-2)52-36-46(42-18-22-44(23-19-42)48-28-16-38(4)34-40(48)6)26-30-50(52)51-31-27-47(37-53(51)54)43-20-24-45(25-21-43)49-29-17-39(5)35-41(49)9-3/h16-31,34-37H,7-15,32-33H2,1-6H3. The summed E-state index contributed by atoms with van der Waals surface area (Å²) in [5.41, 5.74) is 22.0. The van der Waals surface area contributed by atoms with Crippen molar-refractivity contribution < 1.29 is 0 Å². The normalized spacial score (nSPS) is 12.9. The van der Waals surface area contributed by atoms with E-state index in [2.05, 4.69) is 163 Å². The number of benzene rings is 6. The summed E-state index contributed by atoms with van der Waals surface area (Å²) in [7, 11) is 0. The average Bonchev–Trinajstić information content (AvgIpc) is 3.46. The van der Waals surface area contributed by atoms with E-state index in [1.54, 1.807) is 11.1 Å². The fourth-order valence-electron chi connectivity index (χ4n) is 9.34. The molecule has 0 unspecified atom stereocenters. The van der Waals surface area contributed by atoms with Crippen LogP contribution < -0.4 is 0 Å². The lowest BCUT2D eigenvalue weighted by molar-refractivity contribution is 0.401. The Morgan fingerprint density at radius 2 is 0.796 bits per heavy atom.